The molecule has 4 heterocycles. The number of amides is 2. The number of fused-ring (bicyclic) bond motifs is 1. The van der Waals surface area contributed by atoms with Crippen LogP contribution in [0.2, 0.25) is 0 Å². The molecule has 11 heteroatoms. The van der Waals surface area contributed by atoms with E-state index >= 15 is 0 Å². The zero-order valence-electron chi connectivity index (χ0n) is 18.1. The molecule has 1 aromatic heterocycles. The molecule has 0 spiro atoms. The summed E-state index contributed by atoms with van der Waals surface area (Å²) in [6, 6.07) is 13.7. The highest BCUT2D eigenvalue weighted by molar-refractivity contribution is 8.27. The maximum atomic E-state index is 12.6. The number of hydrogen-bond donors (Lipinski definition) is 1. The minimum absolute atomic E-state index is 0.0558. The predicted octanol–water partition coefficient (Wildman–Crippen LogP) is 3.44. The first-order valence-corrected chi connectivity index (χ1v) is 12.5. The third-order valence-corrected chi connectivity index (χ3v) is 7.17. The number of ether oxygens (including phenoxy) is 1. The van der Waals surface area contributed by atoms with Crippen molar-refractivity contribution in [3.8, 4) is 0 Å². The van der Waals surface area contributed by atoms with E-state index in [9.17, 15) is 9.59 Å². The van der Waals surface area contributed by atoms with E-state index in [1.807, 2.05) is 36.4 Å². The van der Waals surface area contributed by atoms with Crippen LogP contribution in [0.25, 0.3) is 6.08 Å². The molecule has 9 nitrogen and oxygen atoms in total. The predicted molar refractivity (Wildman–Crippen MR) is 132 cm³/mol. The van der Waals surface area contributed by atoms with Gasteiger partial charge in [0, 0.05) is 18.8 Å². The summed E-state index contributed by atoms with van der Waals surface area (Å²) in [4.78, 5) is 31.0. The van der Waals surface area contributed by atoms with E-state index in [0.29, 0.717) is 42.2 Å². The molecule has 2 aromatic rings. The van der Waals surface area contributed by atoms with E-state index < -0.39 is 5.91 Å². The average molecular weight is 496 g/mol. The fraction of sp³-hybridized carbons (Fsp3) is 0.261. The number of nitrogens with one attached hydrogen (secondary N) is 1. The first-order valence-electron chi connectivity index (χ1n) is 10.7. The highest BCUT2D eigenvalue weighted by Gasteiger charge is 2.36. The molecule has 0 unspecified atom stereocenters. The van der Waals surface area contributed by atoms with Crippen molar-refractivity contribution in [1.29, 1.82) is 5.41 Å². The summed E-state index contributed by atoms with van der Waals surface area (Å²) in [6.07, 6.45) is 1.61. The molecular weight excluding hydrogens is 474 g/mol. The molecule has 34 heavy (non-hydrogen) atoms. The molecule has 0 bridgehead atoms. The van der Waals surface area contributed by atoms with Crippen molar-refractivity contribution >= 4 is 57.5 Å². The van der Waals surface area contributed by atoms with Crippen LogP contribution in [0, 0.1) is 5.41 Å². The largest absolute Gasteiger partial charge is 0.450 e. The van der Waals surface area contributed by atoms with Gasteiger partial charge in [0.25, 0.3) is 5.91 Å². The lowest BCUT2D eigenvalue weighted by Gasteiger charge is -2.26. The first-order chi connectivity index (χ1) is 16.6. The molecule has 5 rings (SSSR count). The van der Waals surface area contributed by atoms with Crippen molar-refractivity contribution in [2.75, 3.05) is 26.3 Å². The van der Waals surface area contributed by atoms with Crippen molar-refractivity contribution < 1.29 is 18.7 Å². The monoisotopic (exact) mass is 495 g/mol. The third kappa shape index (κ3) is 5.01. The number of morpholine rings is 1. The number of amidine groups is 2. The third-order valence-electron chi connectivity index (χ3n) is 5.28. The minimum atomic E-state index is -0.533. The lowest BCUT2D eigenvalue weighted by molar-refractivity contribution is -0.133. The molecule has 3 aliphatic heterocycles. The molecule has 3 aliphatic rings. The highest BCUT2D eigenvalue weighted by Crippen LogP contribution is 2.31. The zero-order valence-corrected chi connectivity index (χ0v) is 19.7. The van der Waals surface area contributed by atoms with Crippen molar-refractivity contribution in [2.45, 2.75) is 17.3 Å². The molecule has 0 atom stereocenters. The van der Waals surface area contributed by atoms with E-state index in [2.05, 4.69) is 10.1 Å². The normalized spacial score (nSPS) is 19.4. The Kier molecular flexibility index (Phi) is 6.66. The van der Waals surface area contributed by atoms with Gasteiger partial charge in [-0.2, -0.15) is 15.1 Å². The molecule has 1 fully saturated rings. The Hall–Kier alpha value is -3.15. The van der Waals surface area contributed by atoms with E-state index in [-0.39, 0.29) is 28.9 Å². The Balaban J connectivity index is 1.26. The Bertz CT molecular complexity index is 1210. The number of thioether (sulfide) groups is 2. The van der Waals surface area contributed by atoms with Gasteiger partial charge in [0.15, 0.2) is 10.9 Å². The Morgan fingerprint density at radius 2 is 1.97 bits per heavy atom. The van der Waals surface area contributed by atoms with Gasteiger partial charge in [-0.1, -0.05) is 42.1 Å². The SMILES string of the molecule is N=C1/C(=C\c2ccc(SCc3ccccc3)o2)C(=O)N=C2SC(CC(=O)N3CCOCC3)=NN12. The van der Waals surface area contributed by atoms with E-state index in [1.165, 1.54) is 16.6 Å². The average Bonchev–Trinajstić information content (AvgIpc) is 3.48. The number of hydrogen-bond acceptors (Lipinski definition) is 8. The summed E-state index contributed by atoms with van der Waals surface area (Å²) in [5, 5.41) is 15.7. The smallest absolute Gasteiger partial charge is 0.283 e. The van der Waals surface area contributed by atoms with Gasteiger partial charge in [-0.25, -0.2) is 0 Å². The topological polar surface area (TPSA) is 112 Å². The number of hydrazone groups is 1. The number of carbonyl (C=O) groups excluding carboxylic acids is 2. The van der Waals surface area contributed by atoms with Gasteiger partial charge in [0.2, 0.25) is 11.1 Å². The lowest BCUT2D eigenvalue weighted by Crippen LogP contribution is -2.41. The van der Waals surface area contributed by atoms with Crippen LogP contribution in [0.4, 0.5) is 0 Å². The van der Waals surface area contributed by atoms with Crippen LogP contribution in [0.3, 0.4) is 0 Å². The molecule has 1 N–H and O–H groups in total. The van der Waals surface area contributed by atoms with Gasteiger partial charge in [0.1, 0.15) is 10.8 Å². The van der Waals surface area contributed by atoms with Crippen molar-refractivity contribution in [1.82, 2.24) is 9.91 Å². The quantitative estimate of drug-likeness (QED) is 0.483. The number of benzene rings is 1. The van der Waals surface area contributed by atoms with E-state index in [4.69, 9.17) is 14.6 Å². The second kappa shape index (κ2) is 10.00. The first kappa shape index (κ1) is 22.6. The summed E-state index contributed by atoms with van der Waals surface area (Å²) in [7, 11) is 0. The van der Waals surface area contributed by atoms with Crippen molar-refractivity contribution in [2.24, 2.45) is 10.1 Å². The van der Waals surface area contributed by atoms with Gasteiger partial charge in [-0.3, -0.25) is 15.0 Å². The molecule has 0 radical (unpaired) electrons. The van der Waals surface area contributed by atoms with Crippen LogP contribution in [0.15, 0.2) is 67.6 Å². The molecule has 0 aliphatic carbocycles. The standard InChI is InChI=1S/C23H21N5O4S2/c24-21-17(12-16-6-7-20(32-16)33-14-15-4-2-1-3-5-15)22(30)25-23-28(21)26-18(34-23)13-19(29)27-8-10-31-11-9-27/h1-7,12,24H,8-11,13-14H2/b17-12+,24-21?. The van der Waals surface area contributed by atoms with Crippen LogP contribution in [-0.4, -0.2) is 64.1 Å². The fourth-order valence-corrected chi connectivity index (χ4v) is 5.21. The molecular formula is C23H21N5O4S2. The summed E-state index contributed by atoms with van der Waals surface area (Å²) in [5.41, 5.74) is 1.27. The van der Waals surface area contributed by atoms with E-state index in [0.717, 1.165) is 17.5 Å². The van der Waals surface area contributed by atoms with Crippen LogP contribution < -0.4 is 0 Å². The maximum absolute atomic E-state index is 12.6. The highest BCUT2D eigenvalue weighted by atomic mass is 32.2. The van der Waals surface area contributed by atoms with Crippen LogP contribution in [0.5, 0.6) is 0 Å². The molecule has 2 amide bonds. The molecule has 1 saturated heterocycles. The van der Waals surface area contributed by atoms with Crippen molar-refractivity contribution in [3.63, 3.8) is 0 Å². The van der Waals surface area contributed by atoms with Gasteiger partial charge in [-0.05, 0) is 35.5 Å². The summed E-state index contributed by atoms with van der Waals surface area (Å²) < 4.78 is 11.1. The van der Waals surface area contributed by atoms with Gasteiger partial charge in [-0.15, -0.1) is 0 Å². The summed E-state index contributed by atoms with van der Waals surface area (Å²) in [5.74, 6) is 0.541. The Morgan fingerprint density at radius 3 is 2.76 bits per heavy atom. The molecule has 1 aromatic carbocycles. The van der Waals surface area contributed by atoms with Crippen LogP contribution >= 0.6 is 23.5 Å². The zero-order chi connectivity index (χ0) is 23.5. The molecule has 174 valence electrons. The van der Waals surface area contributed by atoms with Crippen LogP contribution in [-0.2, 0) is 20.1 Å². The number of rotatable bonds is 6. The van der Waals surface area contributed by atoms with Gasteiger partial charge < -0.3 is 14.1 Å². The summed E-state index contributed by atoms with van der Waals surface area (Å²) in [6.45, 7) is 2.16. The minimum Gasteiger partial charge on any atom is -0.450 e. The Morgan fingerprint density at radius 1 is 1.18 bits per heavy atom. The molecule has 0 saturated carbocycles. The van der Waals surface area contributed by atoms with E-state index in [1.54, 1.807) is 22.7 Å². The number of carbonyl (C=O) groups is 2. The maximum Gasteiger partial charge on any atom is 0.283 e. The number of furan rings is 1. The Labute approximate surface area is 204 Å². The van der Waals surface area contributed by atoms with Gasteiger partial charge in [0.05, 0.1) is 25.2 Å². The lowest BCUT2D eigenvalue weighted by atomic mass is 10.1. The summed E-state index contributed by atoms with van der Waals surface area (Å²) >= 11 is 2.69. The number of nitrogens with zero attached hydrogens (tertiary/aromatic N) is 4. The number of aliphatic imine (C=N–C) groups is 1. The van der Waals surface area contributed by atoms with Gasteiger partial charge >= 0.3 is 0 Å². The second-order valence-corrected chi connectivity index (χ2v) is 9.64. The van der Waals surface area contributed by atoms with Crippen molar-refractivity contribution in [3.05, 3.63) is 59.4 Å². The van der Waals surface area contributed by atoms with Crippen LogP contribution in [0.1, 0.15) is 17.7 Å². The fourth-order valence-electron chi connectivity index (χ4n) is 3.52. The second-order valence-electron chi connectivity index (χ2n) is 7.61.